The summed E-state index contributed by atoms with van der Waals surface area (Å²) in [6, 6.07) is 19.8. The summed E-state index contributed by atoms with van der Waals surface area (Å²) in [5, 5.41) is 9.39. The number of thiocarbonyl (C=S) groups is 1. The standard InChI is InChI=1S/C22H19N3O4S/c1-27-16-6-4-5-14(11-16)24-22(30)25-18-8-3-2-7-17(18)21(26)23-15-9-10-19-20(12-15)29-13-28-19/h2-12H,13H2,1H3,(H,23,26)(H2,24,25,30). The molecule has 30 heavy (non-hydrogen) atoms. The van der Waals surface area contributed by atoms with Gasteiger partial charge in [-0.2, -0.15) is 0 Å². The van der Waals surface area contributed by atoms with E-state index in [1.165, 1.54) is 0 Å². The fourth-order valence-corrected chi connectivity index (χ4v) is 3.18. The highest BCUT2D eigenvalue weighted by molar-refractivity contribution is 7.80. The van der Waals surface area contributed by atoms with Gasteiger partial charge in [0, 0.05) is 23.5 Å². The summed E-state index contributed by atoms with van der Waals surface area (Å²) in [5.74, 6) is 1.69. The summed E-state index contributed by atoms with van der Waals surface area (Å²) in [7, 11) is 1.60. The fourth-order valence-electron chi connectivity index (χ4n) is 2.95. The van der Waals surface area contributed by atoms with Gasteiger partial charge in [0.25, 0.3) is 5.91 Å². The average molecular weight is 421 g/mol. The largest absolute Gasteiger partial charge is 0.497 e. The Morgan fingerprint density at radius 2 is 1.70 bits per heavy atom. The molecule has 7 nitrogen and oxygen atoms in total. The van der Waals surface area contributed by atoms with Crippen molar-refractivity contribution in [3.8, 4) is 17.2 Å². The third-order valence-electron chi connectivity index (χ3n) is 4.38. The molecule has 0 spiro atoms. The first-order chi connectivity index (χ1) is 14.6. The molecule has 0 bridgehead atoms. The lowest BCUT2D eigenvalue weighted by Gasteiger charge is -2.14. The number of methoxy groups -OCH3 is 1. The lowest BCUT2D eigenvalue weighted by molar-refractivity contribution is 0.102. The molecule has 0 radical (unpaired) electrons. The van der Waals surface area contributed by atoms with Gasteiger partial charge in [-0.05, 0) is 48.6 Å². The first-order valence-corrected chi connectivity index (χ1v) is 9.55. The number of amides is 1. The minimum absolute atomic E-state index is 0.178. The third-order valence-corrected chi connectivity index (χ3v) is 4.58. The van der Waals surface area contributed by atoms with Gasteiger partial charge in [0.2, 0.25) is 6.79 Å². The van der Waals surface area contributed by atoms with E-state index in [-0.39, 0.29) is 12.7 Å². The monoisotopic (exact) mass is 421 g/mol. The lowest BCUT2D eigenvalue weighted by Crippen LogP contribution is -2.22. The van der Waals surface area contributed by atoms with Gasteiger partial charge in [-0.1, -0.05) is 18.2 Å². The van der Waals surface area contributed by atoms with Gasteiger partial charge in [-0.25, -0.2) is 0 Å². The van der Waals surface area contributed by atoms with Crippen molar-refractivity contribution in [1.29, 1.82) is 0 Å². The summed E-state index contributed by atoms with van der Waals surface area (Å²) in [5.41, 5.74) is 2.41. The van der Waals surface area contributed by atoms with Gasteiger partial charge >= 0.3 is 0 Å². The van der Waals surface area contributed by atoms with Gasteiger partial charge in [-0.15, -0.1) is 0 Å². The molecule has 0 fully saturated rings. The van der Waals surface area contributed by atoms with Gasteiger partial charge in [0.15, 0.2) is 16.6 Å². The molecule has 1 aliphatic heterocycles. The van der Waals surface area contributed by atoms with E-state index in [1.807, 2.05) is 30.3 Å². The third kappa shape index (κ3) is 4.44. The van der Waals surface area contributed by atoms with Crippen LogP contribution in [0.1, 0.15) is 10.4 Å². The molecule has 0 aromatic heterocycles. The van der Waals surface area contributed by atoms with E-state index in [0.29, 0.717) is 39.3 Å². The molecule has 0 saturated carbocycles. The summed E-state index contributed by atoms with van der Waals surface area (Å²) >= 11 is 5.40. The van der Waals surface area contributed by atoms with Crippen LogP contribution in [0.3, 0.4) is 0 Å². The smallest absolute Gasteiger partial charge is 0.257 e. The number of carbonyl (C=O) groups is 1. The molecule has 4 rings (SSSR count). The Kier molecular flexibility index (Phi) is 5.67. The highest BCUT2D eigenvalue weighted by atomic mass is 32.1. The Balaban J connectivity index is 1.46. The zero-order chi connectivity index (χ0) is 20.9. The first-order valence-electron chi connectivity index (χ1n) is 9.14. The van der Waals surface area contributed by atoms with Crippen LogP contribution < -0.4 is 30.2 Å². The molecule has 0 aliphatic carbocycles. The Morgan fingerprint density at radius 3 is 2.57 bits per heavy atom. The van der Waals surface area contributed by atoms with Gasteiger partial charge < -0.3 is 30.2 Å². The number of ether oxygens (including phenoxy) is 3. The predicted molar refractivity (Wildman–Crippen MR) is 120 cm³/mol. The number of para-hydroxylation sites is 1. The molecule has 1 heterocycles. The van der Waals surface area contributed by atoms with Crippen LogP contribution in [0.15, 0.2) is 66.7 Å². The number of hydrogen-bond donors (Lipinski definition) is 3. The number of hydrogen-bond acceptors (Lipinski definition) is 5. The van der Waals surface area contributed by atoms with Crippen LogP contribution in [-0.4, -0.2) is 24.9 Å². The van der Waals surface area contributed by atoms with Crippen molar-refractivity contribution in [2.45, 2.75) is 0 Å². The van der Waals surface area contributed by atoms with Crippen LogP contribution >= 0.6 is 12.2 Å². The molecule has 0 unspecified atom stereocenters. The number of fused-ring (bicyclic) bond motifs is 1. The van der Waals surface area contributed by atoms with E-state index >= 15 is 0 Å². The van der Waals surface area contributed by atoms with Crippen LogP contribution in [0.4, 0.5) is 17.1 Å². The van der Waals surface area contributed by atoms with Crippen molar-refractivity contribution in [3.05, 3.63) is 72.3 Å². The topological polar surface area (TPSA) is 80.9 Å². The van der Waals surface area contributed by atoms with Crippen molar-refractivity contribution in [3.63, 3.8) is 0 Å². The fraction of sp³-hybridized carbons (Fsp3) is 0.0909. The van der Waals surface area contributed by atoms with Crippen molar-refractivity contribution < 1.29 is 19.0 Å². The zero-order valence-corrected chi connectivity index (χ0v) is 16.9. The van der Waals surface area contributed by atoms with Crippen LogP contribution in [0.2, 0.25) is 0 Å². The maximum Gasteiger partial charge on any atom is 0.257 e. The minimum atomic E-state index is -0.277. The van der Waals surface area contributed by atoms with Crippen LogP contribution in [0.5, 0.6) is 17.2 Å². The van der Waals surface area contributed by atoms with E-state index in [2.05, 4.69) is 16.0 Å². The Hall–Kier alpha value is -3.78. The predicted octanol–water partition coefficient (Wildman–Crippen LogP) is 4.49. The van der Waals surface area contributed by atoms with E-state index in [4.69, 9.17) is 26.4 Å². The average Bonchev–Trinajstić information content (AvgIpc) is 3.22. The molecule has 3 aromatic carbocycles. The summed E-state index contributed by atoms with van der Waals surface area (Å²) in [6.07, 6.45) is 0. The molecule has 0 atom stereocenters. The van der Waals surface area contributed by atoms with Crippen molar-refractivity contribution in [2.75, 3.05) is 29.9 Å². The zero-order valence-electron chi connectivity index (χ0n) is 16.1. The van der Waals surface area contributed by atoms with Crippen molar-refractivity contribution in [1.82, 2.24) is 0 Å². The Labute approximate surface area is 179 Å². The maximum absolute atomic E-state index is 12.9. The molecule has 152 valence electrons. The number of anilines is 3. The lowest BCUT2D eigenvalue weighted by atomic mass is 10.1. The maximum atomic E-state index is 12.9. The second kappa shape index (κ2) is 8.71. The normalized spacial score (nSPS) is 11.5. The summed E-state index contributed by atoms with van der Waals surface area (Å²) in [6.45, 7) is 0.178. The van der Waals surface area contributed by atoms with Crippen molar-refractivity contribution in [2.24, 2.45) is 0 Å². The van der Waals surface area contributed by atoms with E-state index < -0.39 is 0 Å². The Bertz CT molecular complexity index is 1100. The van der Waals surface area contributed by atoms with Gasteiger partial charge in [0.05, 0.1) is 18.4 Å². The SMILES string of the molecule is COc1cccc(NC(=S)Nc2ccccc2C(=O)Nc2ccc3c(c2)OCO3)c1. The molecule has 1 aliphatic rings. The highest BCUT2D eigenvalue weighted by Crippen LogP contribution is 2.34. The number of nitrogens with one attached hydrogen (secondary N) is 3. The quantitative estimate of drug-likeness (QED) is 0.524. The molecular formula is C22H19N3O4S. The summed E-state index contributed by atoms with van der Waals surface area (Å²) in [4.78, 5) is 12.9. The molecular weight excluding hydrogens is 402 g/mol. The number of rotatable bonds is 5. The molecule has 3 aromatic rings. The molecule has 3 N–H and O–H groups in total. The van der Waals surface area contributed by atoms with Gasteiger partial charge in [0.1, 0.15) is 5.75 Å². The van der Waals surface area contributed by atoms with Crippen LogP contribution in [0.25, 0.3) is 0 Å². The van der Waals surface area contributed by atoms with Crippen LogP contribution in [0, 0.1) is 0 Å². The number of carbonyl (C=O) groups excluding carboxylic acids is 1. The van der Waals surface area contributed by atoms with Gasteiger partial charge in [-0.3, -0.25) is 4.79 Å². The highest BCUT2D eigenvalue weighted by Gasteiger charge is 2.16. The van der Waals surface area contributed by atoms with E-state index in [0.717, 1.165) is 5.69 Å². The molecule has 0 saturated heterocycles. The number of benzene rings is 3. The minimum Gasteiger partial charge on any atom is -0.497 e. The molecule has 1 amide bonds. The summed E-state index contributed by atoms with van der Waals surface area (Å²) < 4.78 is 15.9. The second-order valence-electron chi connectivity index (χ2n) is 6.38. The molecule has 8 heteroatoms. The second-order valence-corrected chi connectivity index (χ2v) is 6.79. The first kappa shape index (κ1) is 19.5. The van der Waals surface area contributed by atoms with E-state index in [1.54, 1.807) is 43.5 Å². The Morgan fingerprint density at radius 1 is 0.900 bits per heavy atom. The van der Waals surface area contributed by atoms with Crippen molar-refractivity contribution >= 4 is 40.3 Å². The van der Waals surface area contributed by atoms with Crippen LogP contribution in [-0.2, 0) is 0 Å². The van der Waals surface area contributed by atoms with E-state index in [9.17, 15) is 4.79 Å².